The van der Waals surface area contributed by atoms with E-state index in [2.05, 4.69) is 77.2 Å². The van der Waals surface area contributed by atoms with Crippen molar-refractivity contribution in [3.8, 4) is 0 Å². The molecule has 0 amide bonds. The van der Waals surface area contributed by atoms with Crippen LogP contribution in [0.5, 0.6) is 0 Å². The molecule has 0 spiro atoms. The minimum Gasteiger partial charge on any atom is -0.272 e. The number of hydrogen-bond donors (Lipinski definition) is 0. The Kier molecular flexibility index (Phi) is 29.2. The molecule has 1 aliphatic carbocycles. The van der Waals surface area contributed by atoms with Gasteiger partial charge in [-0.2, -0.15) is 0 Å². The molecule has 0 N–H and O–H groups in total. The molecule has 0 saturated carbocycles. The number of allylic oxidation sites excluding steroid dienone is 7. The van der Waals surface area contributed by atoms with Crippen molar-refractivity contribution in [2.24, 2.45) is 4.74 Å². The van der Waals surface area contributed by atoms with Crippen molar-refractivity contribution in [3.63, 3.8) is 0 Å². The number of unbranched alkanes of at least 4 members (excludes halogenated alkanes) is 9. The van der Waals surface area contributed by atoms with Crippen LogP contribution in [0.3, 0.4) is 0 Å². The summed E-state index contributed by atoms with van der Waals surface area (Å²) in [5.41, 5.74) is 1.38. The first-order chi connectivity index (χ1) is 16.2. The topological polar surface area (TPSA) is 12.4 Å². The Morgan fingerprint density at radius 1 is 0.676 bits per heavy atom. The van der Waals surface area contributed by atoms with Crippen LogP contribution >= 0.6 is 7.05 Å². The van der Waals surface area contributed by atoms with Gasteiger partial charge in [-0.05, 0) is 63.7 Å². The third-order valence-electron chi connectivity index (χ3n) is 6.23. The Hall–Kier alpha value is -0.0957. The van der Waals surface area contributed by atoms with E-state index in [4.69, 9.17) is 4.74 Å². The molecular weight excluding hydrogens is 465 g/mol. The van der Waals surface area contributed by atoms with Crippen LogP contribution in [-0.4, -0.2) is 18.5 Å². The van der Waals surface area contributed by atoms with Gasteiger partial charge in [0.1, 0.15) is 0 Å². The molecule has 0 saturated heterocycles. The number of nitrogens with zero attached hydrogens (tertiary/aromatic N) is 1. The molecule has 0 radical (unpaired) electrons. The summed E-state index contributed by atoms with van der Waals surface area (Å²) in [5, 5.41) is 0. The summed E-state index contributed by atoms with van der Waals surface area (Å²) < 4.78 is 5.51. The zero-order chi connectivity index (χ0) is 24.5. The maximum absolute atomic E-state index is 5.51. The average Bonchev–Trinajstić information content (AvgIpc) is 3.33. The maximum atomic E-state index is 5.51. The van der Waals surface area contributed by atoms with Crippen molar-refractivity contribution < 1.29 is 21.7 Å². The van der Waals surface area contributed by atoms with E-state index in [9.17, 15) is 0 Å². The van der Waals surface area contributed by atoms with E-state index in [0.717, 1.165) is 19.3 Å². The number of rotatable bonds is 19. The van der Waals surface area contributed by atoms with Crippen LogP contribution in [0.2, 0.25) is 0 Å². The minimum atomic E-state index is -1.15. The molecule has 1 rings (SSSR count). The molecule has 0 heterocycles. The monoisotopic (exact) mass is 523 g/mol. The second kappa shape index (κ2) is 27.5. The standard InChI is InChI=1S/C23H44NP.C8H14.Ti/c1-4-7-10-15-20-25(21-16-11-8-5-2,22-17-12-9-6-3)24-23-18-13-14-19-23;1-3-5-7-8-6-4-2;/h13-14,18H,4-12,15-17,19-22H2,1-3H3;5-8H,3-4H2,1-2H3;. The first kappa shape index (κ1) is 36.1. The third-order valence-corrected chi connectivity index (χ3v) is 10.4. The summed E-state index contributed by atoms with van der Waals surface area (Å²) in [4.78, 5) is 0. The molecule has 0 aliphatic heterocycles. The SMILES string of the molecule is CCC=CC=CCC.CCCCCCP(CCCCCC)(CCCCCC)=NC1=CC=CC1.[Ti]. The summed E-state index contributed by atoms with van der Waals surface area (Å²) in [7, 11) is -1.15. The molecule has 34 heavy (non-hydrogen) atoms. The normalized spacial score (nSPS) is 13.1. The van der Waals surface area contributed by atoms with E-state index >= 15 is 0 Å². The molecule has 0 aromatic rings. The first-order valence-electron chi connectivity index (χ1n) is 14.4. The second-order valence-electron chi connectivity index (χ2n) is 9.51. The van der Waals surface area contributed by atoms with E-state index in [1.54, 1.807) is 0 Å². The van der Waals surface area contributed by atoms with E-state index in [0.29, 0.717) is 0 Å². The fourth-order valence-corrected chi connectivity index (χ4v) is 8.30. The molecule has 0 bridgehead atoms. The summed E-state index contributed by atoms with van der Waals surface area (Å²) in [6.45, 7) is 11.2. The van der Waals surface area contributed by atoms with Crippen molar-refractivity contribution in [1.82, 2.24) is 0 Å². The van der Waals surface area contributed by atoms with Crippen molar-refractivity contribution in [2.45, 2.75) is 131 Å². The smallest absolute Gasteiger partial charge is 0.0425 e. The molecule has 0 aromatic heterocycles. The summed E-state index contributed by atoms with van der Waals surface area (Å²) in [6, 6.07) is 0. The largest absolute Gasteiger partial charge is 0.272 e. The van der Waals surface area contributed by atoms with Crippen LogP contribution in [0.15, 0.2) is 53.0 Å². The van der Waals surface area contributed by atoms with Gasteiger partial charge in [0.15, 0.2) is 0 Å². The van der Waals surface area contributed by atoms with E-state index in [-0.39, 0.29) is 21.7 Å². The zero-order valence-corrected chi connectivity index (χ0v) is 26.1. The van der Waals surface area contributed by atoms with Gasteiger partial charge >= 0.3 is 0 Å². The Labute approximate surface area is 230 Å². The van der Waals surface area contributed by atoms with E-state index in [1.165, 1.54) is 101 Å². The van der Waals surface area contributed by atoms with Gasteiger partial charge < -0.3 is 0 Å². The van der Waals surface area contributed by atoms with Gasteiger partial charge in [-0.1, -0.05) is 129 Å². The predicted molar refractivity (Wildman–Crippen MR) is 157 cm³/mol. The van der Waals surface area contributed by atoms with Gasteiger partial charge in [0.2, 0.25) is 0 Å². The summed E-state index contributed by atoms with van der Waals surface area (Å²) >= 11 is 0. The molecule has 1 aliphatic rings. The van der Waals surface area contributed by atoms with Crippen LogP contribution in [0.1, 0.15) is 131 Å². The van der Waals surface area contributed by atoms with Crippen LogP contribution < -0.4 is 0 Å². The molecular formula is C31H58NPTi. The second-order valence-corrected chi connectivity index (χ2v) is 13.2. The van der Waals surface area contributed by atoms with Gasteiger partial charge in [0.25, 0.3) is 0 Å². The average molecular weight is 524 g/mol. The van der Waals surface area contributed by atoms with Crippen LogP contribution in [0, 0.1) is 0 Å². The number of hydrogen-bond acceptors (Lipinski definition) is 1. The van der Waals surface area contributed by atoms with Gasteiger partial charge in [-0.25, -0.2) is 0 Å². The molecule has 0 unspecified atom stereocenters. The van der Waals surface area contributed by atoms with Crippen LogP contribution in [0.4, 0.5) is 0 Å². The summed E-state index contributed by atoms with van der Waals surface area (Å²) in [6.07, 6.45) is 39.5. The molecule has 1 nitrogen and oxygen atoms in total. The molecule has 3 heteroatoms. The molecule has 0 atom stereocenters. The quantitative estimate of drug-likeness (QED) is 0.0691. The Morgan fingerprint density at radius 3 is 1.44 bits per heavy atom. The predicted octanol–water partition coefficient (Wildman–Crippen LogP) is 11.7. The zero-order valence-electron chi connectivity index (χ0n) is 23.7. The molecule has 196 valence electrons. The third kappa shape index (κ3) is 21.2. The van der Waals surface area contributed by atoms with Gasteiger partial charge in [0.05, 0.1) is 0 Å². The van der Waals surface area contributed by atoms with Crippen molar-refractivity contribution >= 4 is 7.05 Å². The fourth-order valence-electron chi connectivity index (χ4n) is 4.20. The maximum Gasteiger partial charge on any atom is 0.0425 e. The fraction of sp³-hybridized carbons (Fsp3) is 0.742. The summed E-state index contributed by atoms with van der Waals surface area (Å²) in [5.74, 6) is 0. The Balaban J connectivity index is 0. The molecule has 0 fully saturated rings. The minimum absolute atomic E-state index is 0. The van der Waals surface area contributed by atoms with Crippen LogP contribution in [-0.2, 0) is 21.7 Å². The van der Waals surface area contributed by atoms with Crippen LogP contribution in [0.25, 0.3) is 0 Å². The Bertz CT molecular complexity index is 551. The van der Waals surface area contributed by atoms with Crippen molar-refractivity contribution in [3.05, 3.63) is 48.2 Å². The molecule has 0 aromatic carbocycles. The van der Waals surface area contributed by atoms with Gasteiger partial charge in [0, 0.05) is 33.8 Å². The van der Waals surface area contributed by atoms with Gasteiger partial charge in [-0.3, -0.25) is 4.74 Å². The first-order valence-corrected chi connectivity index (χ1v) is 16.7. The van der Waals surface area contributed by atoms with E-state index in [1.807, 2.05) is 0 Å². The van der Waals surface area contributed by atoms with Crippen molar-refractivity contribution in [2.75, 3.05) is 18.5 Å². The van der Waals surface area contributed by atoms with Crippen molar-refractivity contribution in [1.29, 1.82) is 0 Å². The van der Waals surface area contributed by atoms with Gasteiger partial charge in [-0.15, -0.1) is 0 Å². The Morgan fingerprint density at radius 2 is 1.12 bits per heavy atom. The van der Waals surface area contributed by atoms with E-state index < -0.39 is 7.05 Å².